The molecule has 1 amide bonds. The molecular weight excluding hydrogens is 223 g/mol. The van der Waals surface area contributed by atoms with Gasteiger partial charge in [0.1, 0.15) is 11.9 Å². The van der Waals surface area contributed by atoms with Crippen molar-refractivity contribution in [2.45, 2.75) is 6.42 Å². The molecule has 1 aliphatic rings. The molecule has 5 heteroatoms. The fourth-order valence-corrected chi connectivity index (χ4v) is 1.48. The van der Waals surface area contributed by atoms with Crippen molar-refractivity contribution in [2.75, 3.05) is 6.61 Å². The van der Waals surface area contributed by atoms with E-state index < -0.39 is 11.7 Å². The van der Waals surface area contributed by atoms with Crippen LogP contribution < -0.4 is 5.32 Å². The molecular formula is C12H9FN2O2. The maximum atomic E-state index is 12.9. The van der Waals surface area contributed by atoms with Crippen LogP contribution in [0.5, 0.6) is 0 Å². The summed E-state index contributed by atoms with van der Waals surface area (Å²) < 4.78 is 18.0. The second-order valence-electron chi connectivity index (χ2n) is 3.48. The van der Waals surface area contributed by atoms with E-state index in [1.54, 1.807) is 0 Å². The lowest BCUT2D eigenvalue weighted by atomic mass is 10.2. The number of rotatable bonds is 2. The van der Waals surface area contributed by atoms with Gasteiger partial charge in [0.2, 0.25) is 5.88 Å². The Morgan fingerprint density at radius 2 is 2.35 bits per heavy atom. The first-order valence-corrected chi connectivity index (χ1v) is 5.03. The Labute approximate surface area is 97.3 Å². The molecule has 0 spiro atoms. The van der Waals surface area contributed by atoms with Gasteiger partial charge in [0, 0.05) is 12.0 Å². The minimum Gasteiger partial charge on any atom is -0.478 e. The van der Waals surface area contributed by atoms with E-state index in [1.165, 1.54) is 18.2 Å². The Hall–Kier alpha value is -2.35. The summed E-state index contributed by atoms with van der Waals surface area (Å²) in [5, 5.41) is 11.2. The number of hydrogen-bond acceptors (Lipinski definition) is 3. The topological polar surface area (TPSA) is 62.1 Å². The molecule has 1 aromatic rings. The molecule has 0 radical (unpaired) electrons. The molecule has 0 saturated heterocycles. The maximum Gasteiger partial charge on any atom is 0.258 e. The predicted octanol–water partition coefficient (Wildman–Crippen LogP) is 1.71. The Morgan fingerprint density at radius 3 is 3.06 bits per heavy atom. The lowest BCUT2D eigenvalue weighted by Crippen LogP contribution is -2.23. The van der Waals surface area contributed by atoms with Crippen LogP contribution in [0.2, 0.25) is 0 Å². The van der Waals surface area contributed by atoms with E-state index in [4.69, 9.17) is 10.00 Å². The highest BCUT2D eigenvalue weighted by molar-refractivity contribution is 5.95. The zero-order valence-electron chi connectivity index (χ0n) is 8.87. The number of nitriles is 1. The van der Waals surface area contributed by atoms with Gasteiger partial charge in [0.15, 0.2) is 0 Å². The van der Waals surface area contributed by atoms with E-state index in [0.29, 0.717) is 18.6 Å². The molecule has 0 aromatic heterocycles. The van der Waals surface area contributed by atoms with Gasteiger partial charge < -0.3 is 4.74 Å². The molecule has 17 heavy (non-hydrogen) atoms. The summed E-state index contributed by atoms with van der Waals surface area (Å²) in [6, 6.07) is 7.25. The van der Waals surface area contributed by atoms with Crippen LogP contribution in [-0.4, -0.2) is 12.5 Å². The highest BCUT2D eigenvalue weighted by atomic mass is 19.1. The number of benzene rings is 1. The smallest absolute Gasteiger partial charge is 0.258 e. The van der Waals surface area contributed by atoms with Gasteiger partial charge in [-0.3, -0.25) is 10.1 Å². The fourth-order valence-electron chi connectivity index (χ4n) is 1.48. The SMILES string of the molecule is N#CC1=C(NC(=O)c2cccc(F)c2)OCC1. The van der Waals surface area contributed by atoms with Gasteiger partial charge in [-0.25, -0.2) is 4.39 Å². The first kappa shape index (κ1) is 11.1. The van der Waals surface area contributed by atoms with Crippen molar-refractivity contribution in [1.29, 1.82) is 5.26 Å². The average Bonchev–Trinajstić information content (AvgIpc) is 2.76. The Balaban J connectivity index is 2.15. The van der Waals surface area contributed by atoms with Crippen molar-refractivity contribution in [1.82, 2.24) is 5.32 Å². The van der Waals surface area contributed by atoms with Crippen LogP contribution in [0.15, 0.2) is 35.7 Å². The first-order valence-electron chi connectivity index (χ1n) is 5.03. The van der Waals surface area contributed by atoms with Gasteiger partial charge in [-0.15, -0.1) is 0 Å². The monoisotopic (exact) mass is 232 g/mol. The summed E-state index contributed by atoms with van der Waals surface area (Å²) in [6.45, 7) is 0.377. The molecule has 0 saturated carbocycles. The average molecular weight is 232 g/mol. The third kappa shape index (κ3) is 2.42. The summed E-state index contributed by atoms with van der Waals surface area (Å²) >= 11 is 0. The summed E-state index contributed by atoms with van der Waals surface area (Å²) in [4.78, 5) is 11.7. The third-order valence-electron chi connectivity index (χ3n) is 2.32. The van der Waals surface area contributed by atoms with Crippen LogP contribution in [0.1, 0.15) is 16.8 Å². The zero-order valence-corrected chi connectivity index (χ0v) is 8.87. The van der Waals surface area contributed by atoms with E-state index in [9.17, 15) is 9.18 Å². The number of hydrogen-bond donors (Lipinski definition) is 1. The van der Waals surface area contributed by atoms with E-state index in [0.717, 1.165) is 6.07 Å². The summed E-state index contributed by atoms with van der Waals surface area (Å²) in [6.07, 6.45) is 0.481. The largest absolute Gasteiger partial charge is 0.478 e. The Kier molecular flexibility index (Phi) is 3.06. The molecule has 0 bridgehead atoms. The molecule has 0 atom stereocenters. The summed E-state index contributed by atoms with van der Waals surface area (Å²) in [5.74, 6) is -0.810. The van der Waals surface area contributed by atoms with E-state index in [2.05, 4.69) is 5.32 Å². The van der Waals surface area contributed by atoms with Crippen molar-refractivity contribution in [2.24, 2.45) is 0 Å². The maximum absolute atomic E-state index is 12.9. The number of carbonyl (C=O) groups excluding carboxylic acids is 1. The van der Waals surface area contributed by atoms with Gasteiger partial charge in [0.25, 0.3) is 5.91 Å². The number of nitrogens with zero attached hydrogens (tertiary/aromatic N) is 1. The number of halogens is 1. The number of ether oxygens (including phenoxy) is 1. The molecule has 0 fully saturated rings. The van der Waals surface area contributed by atoms with Crippen molar-refractivity contribution in [3.63, 3.8) is 0 Å². The number of carbonyl (C=O) groups is 1. The Bertz CT molecular complexity index is 532. The fraction of sp³-hybridized carbons (Fsp3) is 0.167. The van der Waals surface area contributed by atoms with Gasteiger partial charge in [-0.2, -0.15) is 5.26 Å². The van der Waals surface area contributed by atoms with E-state index >= 15 is 0 Å². The van der Waals surface area contributed by atoms with Crippen molar-refractivity contribution in [3.05, 3.63) is 47.1 Å². The minimum atomic E-state index is -0.492. The normalized spacial score (nSPS) is 14.1. The van der Waals surface area contributed by atoms with Crippen molar-refractivity contribution in [3.8, 4) is 6.07 Å². The lowest BCUT2D eigenvalue weighted by Gasteiger charge is -2.06. The van der Waals surface area contributed by atoms with E-state index in [1.807, 2.05) is 6.07 Å². The summed E-state index contributed by atoms with van der Waals surface area (Å²) in [7, 11) is 0. The molecule has 0 unspecified atom stereocenters. The molecule has 1 N–H and O–H groups in total. The van der Waals surface area contributed by atoms with Crippen molar-refractivity contribution >= 4 is 5.91 Å². The zero-order chi connectivity index (χ0) is 12.3. The standard InChI is InChI=1S/C12H9FN2O2/c13-10-3-1-2-8(6-10)11(16)15-12-9(7-14)4-5-17-12/h1-3,6H,4-5H2,(H,15,16). The molecule has 1 aliphatic heterocycles. The third-order valence-corrected chi connectivity index (χ3v) is 2.32. The predicted molar refractivity (Wildman–Crippen MR) is 57.1 cm³/mol. The second kappa shape index (κ2) is 4.66. The number of amides is 1. The van der Waals surface area contributed by atoms with Gasteiger partial charge in [0.05, 0.1) is 12.2 Å². The highest BCUT2D eigenvalue weighted by Crippen LogP contribution is 2.16. The summed E-state index contributed by atoms with van der Waals surface area (Å²) in [5.41, 5.74) is 0.583. The van der Waals surface area contributed by atoms with E-state index in [-0.39, 0.29) is 11.4 Å². The van der Waals surface area contributed by atoms with Crippen LogP contribution in [0.4, 0.5) is 4.39 Å². The van der Waals surface area contributed by atoms with Crippen LogP contribution in [0, 0.1) is 17.1 Å². The minimum absolute atomic E-state index is 0.168. The first-order chi connectivity index (χ1) is 8.20. The van der Waals surface area contributed by atoms with Gasteiger partial charge in [-0.1, -0.05) is 6.07 Å². The molecule has 2 rings (SSSR count). The van der Waals surface area contributed by atoms with Crippen LogP contribution >= 0.6 is 0 Å². The van der Waals surface area contributed by atoms with Gasteiger partial charge in [-0.05, 0) is 18.2 Å². The lowest BCUT2D eigenvalue weighted by molar-refractivity contribution is 0.0930. The molecule has 1 aromatic carbocycles. The molecule has 4 nitrogen and oxygen atoms in total. The van der Waals surface area contributed by atoms with Crippen LogP contribution in [0.25, 0.3) is 0 Å². The molecule has 86 valence electrons. The quantitative estimate of drug-likeness (QED) is 0.844. The Morgan fingerprint density at radius 1 is 1.53 bits per heavy atom. The molecule has 0 aliphatic carbocycles. The molecule has 1 heterocycles. The van der Waals surface area contributed by atoms with Crippen LogP contribution in [0.3, 0.4) is 0 Å². The second-order valence-corrected chi connectivity index (χ2v) is 3.48. The highest BCUT2D eigenvalue weighted by Gasteiger charge is 2.18. The van der Waals surface area contributed by atoms with Crippen molar-refractivity contribution < 1.29 is 13.9 Å². The van der Waals surface area contributed by atoms with Crippen LogP contribution in [-0.2, 0) is 4.74 Å². The van der Waals surface area contributed by atoms with Gasteiger partial charge >= 0.3 is 0 Å². The number of nitrogens with one attached hydrogen (secondary N) is 1.